The lowest BCUT2D eigenvalue weighted by Gasteiger charge is -2.33. The first-order valence-electron chi connectivity index (χ1n) is 7.06. The van der Waals surface area contributed by atoms with Gasteiger partial charge in [0.1, 0.15) is 6.04 Å². The zero-order chi connectivity index (χ0) is 14.7. The summed E-state index contributed by atoms with van der Waals surface area (Å²) < 4.78 is 4.83. The molecule has 20 heavy (non-hydrogen) atoms. The van der Waals surface area contributed by atoms with Crippen molar-refractivity contribution >= 4 is 23.2 Å². The van der Waals surface area contributed by atoms with Gasteiger partial charge in [0.2, 0.25) is 0 Å². The Morgan fingerprint density at radius 3 is 2.80 bits per heavy atom. The number of methoxy groups -OCH3 is 1. The van der Waals surface area contributed by atoms with Gasteiger partial charge in [-0.05, 0) is 44.2 Å². The average Bonchev–Trinajstić information content (AvgIpc) is 2.86. The van der Waals surface area contributed by atoms with Crippen molar-refractivity contribution in [2.75, 3.05) is 13.7 Å². The van der Waals surface area contributed by atoms with Crippen molar-refractivity contribution in [1.82, 2.24) is 4.90 Å². The third kappa shape index (κ3) is 2.87. The number of carbonyl (C=O) groups excluding carboxylic acids is 2. The highest BCUT2D eigenvalue weighted by Gasteiger charge is 2.34. The van der Waals surface area contributed by atoms with E-state index >= 15 is 0 Å². The first kappa shape index (κ1) is 15.0. The van der Waals surface area contributed by atoms with E-state index in [1.807, 2.05) is 13.0 Å². The molecule has 1 aromatic rings. The monoisotopic (exact) mass is 295 g/mol. The lowest BCUT2D eigenvalue weighted by Crippen LogP contribution is -2.48. The maximum Gasteiger partial charge on any atom is 0.328 e. The van der Waals surface area contributed by atoms with Gasteiger partial charge in [0.15, 0.2) is 0 Å². The number of piperidine rings is 1. The predicted octanol–water partition coefficient (Wildman–Crippen LogP) is 2.79. The summed E-state index contributed by atoms with van der Waals surface area (Å²) in [6.45, 7) is 4.75. The summed E-state index contributed by atoms with van der Waals surface area (Å²) in [5.74, 6) is -0.338. The number of hydrogen-bond donors (Lipinski definition) is 0. The quantitative estimate of drug-likeness (QED) is 0.806. The fourth-order valence-electron chi connectivity index (χ4n) is 2.67. The second-order valence-electron chi connectivity index (χ2n) is 5.10. The molecule has 5 heteroatoms. The fraction of sp³-hybridized carbons (Fsp3) is 0.600. The first-order valence-corrected chi connectivity index (χ1v) is 7.88. The van der Waals surface area contributed by atoms with E-state index < -0.39 is 6.04 Å². The Bertz CT molecular complexity index is 509. The molecule has 1 atom stereocenters. The smallest absolute Gasteiger partial charge is 0.328 e. The van der Waals surface area contributed by atoms with Crippen LogP contribution < -0.4 is 0 Å². The molecule has 0 aromatic carbocycles. The van der Waals surface area contributed by atoms with E-state index in [1.54, 1.807) is 4.90 Å². The number of ether oxygens (including phenoxy) is 1. The summed E-state index contributed by atoms with van der Waals surface area (Å²) >= 11 is 1.54. The number of aryl methyl sites for hydroxylation is 2. The van der Waals surface area contributed by atoms with E-state index in [0.717, 1.165) is 29.7 Å². The van der Waals surface area contributed by atoms with Crippen LogP contribution in [0.15, 0.2) is 6.07 Å². The van der Waals surface area contributed by atoms with Crippen LogP contribution in [0, 0.1) is 6.92 Å². The number of rotatable bonds is 3. The summed E-state index contributed by atoms with van der Waals surface area (Å²) in [5.41, 5.74) is 1.16. The van der Waals surface area contributed by atoms with Crippen LogP contribution >= 0.6 is 11.3 Å². The van der Waals surface area contributed by atoms with Gasteiger partial charge in [0.25, 0.3) is 5.91 Å². The SMILES string of the molecule is CCc1sc(C(=O)N2CCCC[C@@H]2C(=O)OC)cc1C. The van der Waals surface area contributed by atoms with Crippen LogP contribution in [-0.2, 0) is 16.0 Å². The maximum atomic E-state index is 12.6. The second kappa shape index (κ2) is 6.39. The van der Waals surface area contributed by atoms with Crippen molar-refractivity contribution in [3.05, 3.63) is 21.4 Å². The highest BCUT2D eigenvalue weighted by molar-refractivity contribution is 7.14. The molecular weight excluding hydrogens is 274 g/mol. The molecule has 110 valence electrons. The molecule has 1 fully saturated rings. The van der Waals surface area contributed by atoms with Gasteiger partial charge in [-0.25, -0.2) is 4.79 Å². The summed E-state index contributed by atoms with van der Waals surface area (Å²) in [6.07, 6.45) is 3.55. The van der Waals surface area contributed by atoms with Gasteiger partial charge < -0.3 is 9.64 Å². The molecule has 2 heterocycles. The molecule has 1 aliphatic rings. The molecule has 4 nitrogen and oxygen atoms in total. The van der Waals surface area contributed by atoms with Crippen LogP contribution in [0.25, 0.3) is 0 Å². The lowest BCUT2D eigenvalue weighted by molar-refractivity contribution is -0.147. The third-order valence-electron chi connectivity index (χ3n) is 3.79. The van der Waals surface area contributed by atoms with Crippen molar-refractivity contribution < 1.29 is 14.3 Å². The van der Waals surface area contributed by atoms with E-state index in [1.165, 1.54) is 23.3 Å². The number of hydrogen-bond acceptors (Lipinski definition) is 4. The van der Waals surface area contributed by atoms with Gasteiger partial charge in [-0.15, -0.1) is 11.3 Å². The topological polar surface area (TPSA) is 46.6 Å². The van der Waals surface area contributed by atoms with E-state index in [0.29, 0.717) is 13.0 Å². The minimum absolute atomic E-state index is 0.0344. The molecule has 1 amide bonds. The largest absolute Gasteiger partial charge is 0.467 e. The van der Waals surface area contributed by atoms with E-state index in [2.05, 4.69) is 6.92 Å². The van der Waals surface area contributed by atoms with Crippen LogP contribution in [0.3, 0.4) is 0 Å². The molecule has 0 aliphatic carbocycles. The van der Waals surface area contributed by atoms with Gasteiger partial charge >= 0.3 is 5.97 Å². The van der Waals surface area contributed by atoms with E-state index in [9.17, 15) is 9.59 Å². The Labute approximate surface area is 123 Å². The first-order chi connectivity index (χ1) is 9.58. The Morgan fingerprint density at radius 2 is 2.20 bits per heavy atom. The zero-order valence-corrected chi connectivity index (χ0v) is 13.1. The number of thiophene rings is 1. The van der Waals surface area contributed by atoms with Gasteiger partial charge in [0.05, 0.1) is 12.0 Å². The van der Waals surface area contributed by atoms with E-state index in [-0.39, 0.29) is 11.9 Å². The van der Waals surface area contributed by atoms with Crippen LogP contribution in [0.4, 0.5) is 0 Å². The minimum Gasteiger partial charge on any atom is -0.467 e. The minimum atomic E-state index is -0.422. The van der Waals surface area contributed by atoms with Crippen molar-refractivity contribution in [3.63, 3.8) is 0 Å². The number of carbonyl (C=O) groups is 2. The maximum absolute atomic E-state index is 12.6. The molecule has 0 spiro atoms. The van der Waals surface area contributed by atoms with Crippen LogP contribution in [0.5, 0.6) is 0 Å². The van der Waals surface area contributed by atoms with E-state index in [4.69, 9.17) is 4.74 Å². The van der Waals surface area contributed by atoms with Crippen molar-refractivity contribution in [3.8, 4) is 0 Å². The lowest BCUT2D eigenvalue weighted by atomic mass is 10.0. The molecule has 0 bridgehead atoms. The van der Waals surface area contributed by atoms with Crippen LogP contribution in [0.1, 0.15) is 46.3 Å². The fourth-order valence-corrected chi connectivity index (χ4v) is 3.74. The molecule has 1 saturated heterocycles. The Morgan fingerprint density at radius 1 is 1.45 bits per heavy atom. The Kier molecular flexibility index (Phi) is 4.81. The third-order valence-corrected chi connectivity index (χ3v) is 5.16. The summed E-state index contributed by atoms with van der Waals surface area (Å²) in [6, 6.07) is 1.52. The highest BCUT2D eigenvalue weighted by Crippen LogP contribution is 2.27. The Balaban J connectivity index is 2.22. The van der Waals surface area contributed by atoms with Gasteiger partial charge in [-0.1, -0.05) is 6.92 Å². The predicted molar refractivity (Wildman–Crippen MR) is 79.1 cm³/mol. The van der Waals surface area contributed by atoms with Gasteiger partial charge in [0, 0.05) is 11.4 Å². The molecule has 2 rings (SSSR count). The van der Waals surface area contributed by atoms with Crippen molar-refractivity contribution in [1.29, 1.82) is 0 Å². The molecule has 0 N–H and O–H groups in total. The molecule has 1 aliphatic heterocycles. The normalized spacial score (nSPS) is 18.9. The summed E-state index contributed by atoms with van der Waals surface area (Å²) in [5, 5.41) is 0. The van der Waals surface area contributed by atoms with Crippen molar-refractivity contribution in [2.45, 2.75) is 45.6 Å². The number of amides is 1. The van der Waals surface area contributed by atoms with Crippen LogP contribution in [-0.4, -0.2) is 36.5 Å². The molecule has 0 radical (unpaired) electrons. The van der Waals surface area contributed by atoms with Crippen LogP contribution in [0.2, 0.25) is 0 Å². The highest BCUT2D eigenvalue weighted by atomic mass is 32.1. The van der Waals surface area contributed by atoms with Crippen molar-refractivity contribution in [2.24, 2.45) is 0 Å². The standard InChI is InChI=1S/C15H21NO3S/c1-4-12-10(2)9-13(20-12)14(17)16-8-6-5-7-11(16)15(18)19-3/h9,11H,4-8H2,1-3H3/t11-/m1/s1. The zero-order valence-electron chi connectivity index (χ0n) is 12.3. The van der Waals surface area contributed by atoms with Gasteiger partial charge in [-0.2, -0.15) is 0 Å². The average molecular weight is 295 g/mol. The summed E-state index contributed by atoms with van der Waals surface area (Å²) in [4.78, 5) is 28.1. The second-order valence-corrected chi connectivity index (χ2v) is 6.24. The van der Waals surface area contributed by atoms with Gasteiger partial charge in [-0.3, -0.25) is 4.79 Å². The molecular formula is C15H21NO3S. The Hall–Kier alpha value is -1.36. The number of likely N-dealkylation sites (tertiary alicyclic amines) is 1. The molecule has 0 saturated carbocycles. The molecule has 1 aromatic heterocycles. The molecule has 0 unspecified atom stereocenters. The number of nitrogens with zero attached hydrogens (tertiary/aromatic N) is 1. The summed E-state index contributed by atoms with van der Waals surface area (Å²) in [7, 11) is 1.38. The number of esters is 1.